The number of aliphatic hydroxyl groups excluding tert-OH is 1. The van der Waals surface area contributed by atoms with Gasteiger partial charge in [-0.15, -0.1) is 0 Å². The standard InChI is InChI=1S/C24H34O6/c1-7-14(2)8-10-23(6)15(3)9-11-24-19(12-18(27)13-20(23)24)21(28-16(4)25)30-22(24)29-17(5)26/h7-8,12,15,18,20-22,27H,1,9-11,13H2,2-6H3. The summed E-state index contributed by atoms with van der Waals surface area (Å²) in [5, 5.41) is 10.7. The molecule has 2 fully saturated rings. The van der Waals surface area contributed by atoms with Crippen LogP contribution in [0.2, 0.25) is 0 Å². The second-order valence-electron chi connectivity index (χ2n) is 9.34. The first-order chi connectivity index (χ1) is 14.0. The first-order valence-corrected chi connectivity index (χ1v) is 10.7. The molecule has 0 aromatic rings. The van der Waals surface area contributed by atoms with Gasteiger partial charge in [-0.3, -0.25) is 14.3 Å². The molecule has 6 nitrogen and oxygen atoms in total. The molecule has 1 N–H and O–H groups in total. The highest BCUT2D eigenvalue weighted by Crippen LogP contribution is 2.66. The van der Waals surface area contributed by atoms with Gasteiger partial charge in [-0.2, -0.15) is 0 Å². The lowest BCUT2D eigenvalue weighted by Gasteiger charge is -2.58. The molecule has 1 spiro atoms. The van der Waals surface area contributed by atoms with Gasteiger partial charge in [-0.1, -0.05) is 38.2 Å². The zero-order chi connectivity index (χ0) is 22.3. The fraction of sp³-hybridized carbons (Fsp3) is 0.667. The van der Waals surface area contributed by atoms with E-state index in [1.165, 1.54) is 13.8 Å². The van der Waals surface area contributed by atoms with Gasteiger partial charge in [0, 0.05) is 19.4 Å². The van der Waals surface area contributed by atoms with Crippen LogP contribution in [0.1, 0.15) is 60.3 Å². The molecule has 166 valence electrons. The number of aliphatic hydroxyl groups is 1. The zero-order valence-corrected chi connectivity index (χ0v) is 18.6. The second-order valence-corrected chi connectivity index (χ2v) is 9.34. The number of ether oxygens (including phenoxy) is 3. The van der Waals surface area contributed by atoms with Crippen LogP contribution in [-0.2, 0) is 23.8 Å². The zero-order valence-electron chi connectivity index (χ0n) is 18.6. The number of rotatable bonds is 5. The number of hydrogen-bond donors (Lipinski definition) is 1. The fourth-order valence-electron chi connectivity index (χ4n) is 5.74. The lowest BCUT2D eigenvalue weighted by Crippen LogP contribution is -2.56. The third kappa shape index (κ3) is 3.76. The largest absolute Gasteiger partial charge is 0.435 e. The van der Waals surface area contributed by atoms with Gasteiger partial charge < -0.3 is 14.6 Å². The van der Waals surface area contributed by atoms with Crippen molar-refractivity contribution in [2.75, 3.05) is 0 Å². The number of carbonyl (C=O) groups excluding carboxylic acids is 2. The van der Waals surface area contributed by atoms with Crippen LogP contribution in [0.3, 0.4) is 0 Å². The van der Waals surface area contributed by atoms with Crippen molar-refractivity contribution in [1.29, 1.82) is 0 Å². The minimum absolute atomic E-state index is 0.0116. The molecule has 0 amide bonds. The summed E-state index contributed by atoms with van der Waals surface area (Å²) in [7, 11) is 0. The SMILES string of the molecule is C=CC(C)=CCC1(C)C(C)CCC23C(=CC(O)CC12)C(OC(C)=O)OC3OC(C)=O. The highest BCUT2D eigenvalue weighted by Gasteiger charge is 2.67. The van der Waals surface area contributed by atoms with Gasteiger partial charge in [-0.25, -0.2) is 0 Å². The van der Waals surface area contributed by atoms with E-state index in [4.69, 9.17) is 14.2 Å². The van der Waals surface area contributed by atoms with E-state index in [0.717, 1.165) is 30.4 Å². The third-order valence-corrected chi connectivity index (χ3v) is 7.57. The van der Waals surface area contributed by atoms with Crippen molar-refractivity contribution in [3.63, 3.8) is 0 Å². The maximum Gasteiger partial charge on any atom is 0.305 e. The molecular weight excluding hydrogens is 384 g/mol. The number of esters is 2. The lowest BCUT2D eigenvalue weighted by molar-refractivity contribution is -0.235. The average molecular weight is 419 g/mol. The smallest absolute Gasteiger partial charge is 0.305 e. The van der Waals surface area contributed by atoms with Crippen molar-refractivity contribution in [1.82, 2.24) is 0 Å². The van der Waals surface area contributed by atoms with E-state index in [-0.39, 0.29) is 11.3 Å². The van der Waals surface area contributed by atoms with E-state index in [0.29, 0.717) is 12.3 Å². The summed E-state index contributed by atoms with van der Waals surface area (Å²) in [5.41, 5.74) is 1.04. The molecule has 1 saturated carbocycles. The first kappa shape index (κ1) is 22.8. The summed E-state index contributed by atoms with van der Waals surface area (Å²) in [4.78, 5) is 23.6. The van der Waals surface area contributed by atoms with Crippen molar-refractivity contribution >= 4 is 11.9 Å². The number of carbonyl (C=O) groups is 2. The summed E-state index contributed by atoms with van der Waals surface area (Å²) in [6.45, 7) is 13.0. The predicted molar refractivity (Wildman–Crippen MR) is 112 cm³/mol. The Hall–Kier alpha value is -1.92. The van der Waals surface area contributed by atoms with Crippen molar-refractivity contribution in [2.24, 2.45) is 22.7 Å². The van der Waals surface area contributed by atoms with E-state index < -0.39 is 36.0 Å². The third-order valence-electron chi connectivity index (χ3n) is 7.57. The van der Waals surface area contributed by atoms with E-state index in [1.54, 1.807) is 6.08 Å². The van der Waals surface area contributed by atoms with Crippen LogP contribution in [0.15, 0.2) is 36.0 Å². The average Bonchev–Trinajstić information content (AvgIpc) is 2.94. The molecule has 0 radical (unpaired) electrons. The molecule has 30 heavy (non-hydrogen) atoms. The quantitative estimate of drug-likeness (QED) is 0.412. The lowest BCUT2D eigenvalue weighted by atomic mass is 9.46. The van der Waals surface area contributed by atoms with Crippen LogP contribution in [0.5, 0.6) is 0 Å². The van der Waals surface area contributed by atoms with Gasteiger partial charge in [0.25, 0.3) is 0 Å². The van der Waals surface area contributed by atoms with Crippen LogP contribution in [0.4, 0.5) is 0 Å². The van der Waals surface area contributed by atoms with Gasteiger partial charge in [0.05, 0.1) is 11.5 Å². The Labute approximate surface area is 179 Å². The molecule has 1 saturated heterocycles. The molecule has 3 aliphatic rings. The van der Waals surface area contributed by atoms with Crippen LogP contribution < -0.4 is 0 Å². The van der Waals surface area contributed by atoms with E-state index in [1.807, 2.05) is 13.0 Å². The molecule has 0 bridgehead atoms. The Balaban J connectivity index is 2.12. The van der Waals surface area contributed by atoms with Crippen LogP contribution in [0.25, 0.3) is 0 Å². The van der Waals surface area contributed by atoms with Gasteiger partial charge in [0.2, 0.25) is 12.6 Å². The van der Waals surface area contributed by atoms with E-state index in [9.17, 15) is 14.7 Å². The minimum atomic E-state index is -0.951. The Morgan fingerprint density at radius 2 is 1.97 bits per heavy atom. The summed E-state index contributed by atoms with van der Waals surface area (Å²) < 4.78 is 17.1. The number of allylic oxidation sites excluding steroid dienone is 3. The summed E-state index contributed by atoms with van der Waals surface area (Å²) in [6, 6.07) is 0. The Morgan fingerprint density at radius 3 is 2.57 bits per heavy atom. The maximum atomic E-state index is 11.9. The molecule has 0 aromatic carbocycles. The molecule has 1 aliphatic heterocycles. The molecule has 3 rings (SSSR count). The second kappa shape index (κ2) is 8.31. The Kier molecular flexibility index (Phi) is 6.30. The highest BCUT2D eigenvalue weighted by atomic mass is 16.8. The van der Waals surface area contributed by atoms with Gasteiger partial charge >= 0.3 is 11.9 Å². The Morgan fingerprint density at radius 1 is 1.30 bits per heavy atom. The summed E-state index contributed by atoms with van der Waals surface area (Å²) >= 11 is 0. The first-order valence-electron chi connectivity index (χ1n) is 10.7. The fourth-order valence-corrected chi connectivity index (χ4v) is 5.74. The normalized spacial score (nSPS) is 40.7. The molecule has 6 heteroatoms. The van der Waals surface area contributed by atoms with E-state index >= 15 is 0 Å². The molecule has 2 aliphatic carbocycles. The van der Waals surface area contributed by atoms with Crippen LogP contribution in [0, 0.1) is 22.7 Å². The van der Waals surface area contributed by atoms with Crippen molar-refractivity contribution in [2.45, 2.75) is 79.0 Å². The minimum Gasteiger partial charge on any atom is -0.435 e. The number of hydrogen-bond acceptors (Lipinski definition) is 6. The molecule has 0 aromatic heterocycles. The summed E-state index contributed by atoms with van der Waals surface area (Å²) in [6.07, 6.45) is 6.30. The topological polar surface area (TPSA) is 82.1 Å². The van der Waals surface area contributed by atoms with Crippen molar-refractivity contribution in [3.8, 4) is 0 Å². The van der Waals surface area contributed by atoms with E-state index in [2.05, 4.69) is 26.5 Å². The molecule has 1 heterocycles. The maximum absolute atomic E-state index is 11.9. The monoisotopic (exact) mass is 418 g/mol. The van der Waals surface area contributed by atoms with Crippen LogP contribution >= 0.6 is 0 Å². The van der Waals surface area contributed by atoms with Gasteiger partial charge in [-0.05, 0) is 55.9 Å². The predicted octanol–water partition coefficient (Wildman–Crippen LogP) is 4.05. The molecular formula is C24H34O6. The van der Waals surface area contributed by atoms with Gasteiger partial charge in [0.15, 0.2) is 0 Å². The molecule has 7 unspecified atom stereocenters. The van der Waals surface area contributed by atoms with Crippen LogP contribution in [-0.4, -0.2) is 35.7 Å². The van der Waals surface area contributed by atoms with Crippen molar-refractivity contribution in [3.05, 3.63) is 36.0 Å². The van der Waals surface area contributed by atoms with Crippen molar-refractivity contribution < 1.29 is 28.9 Å². The summed E-state index contributed by atoms with van der Waals surface area (Å²) in [5.74, 6) is -0.542. The Bertz CT molecular complexity index is 783. The van der Waals surface area contributed by atoms with Gasteiger partial charge in [0.1, 0.15) is 0 Å². The highest BCUT2D eigenvalue weighted by molar-refractivity contribution is 5.67. The molecule has 7 atom stereocenters.